The number of hydrogen-bond donors (Lipinski definition) is 0. The normalized spacial score (nSPS) is 11.1. The monoisotopic (exact) mass is 268 g/mol. The van der Waals surface area contributed by atoms with E-state index in [9.17, 15) is 5.26 Å². The summed E-state index contributed by atoms with van der Waals surface area (Å²) in [4.78, 5) is 5.33. The molecule has 3 rings (SSSR count). The molecule has 0 atom stereocenters. The van der Waals surface area contributed by atoms with E-state index in [1.54, 1.807) is 15.9 Å². The van der Waals surface area contributed by atoms with Crippen LogP contribution in [0, 0.1) is 11.3 Å². The van der Waals surface area contributed by atoms with Crippen molar-refractivity contribution in [2.45, 2.75) is 19.8 Å². The molecule has 19 heavy (non-hydrogen) atoms. The van der Waals surface area contributed by atoms with Gasteiger partial charge < -0.3 is 0 Å². The first kappa shape index (κ1) is 11.9. The van der Waals surface area contributed by atoms with Crippen LogP contribution in [0.1, 0.15) is 30.5 Å². The van der Waals surface area contributed by atoms with Gasteiger partial charge in [0.25, 0.3) is 0 Å². The highest BCUT2D eigenvalue weighted by molar-refractivity contribution is 7.16. The van der Waals surface area contributed by atoms with Crippen molar-refractivity contribution in [3.05, 3.63) is 41.0 Å². The summed E-state index contributed by atoms with van der Waals surface area (Å²) >= 11 is 1.54. The van der Waals surface area contributed by atoms with Gasteiger partial charge in [0.1, 0.15) is 16.8 Å². The minimum absolute atomic E-state index is 0.346. The Hall–Kier alpha value is -2.19. The van der Waals surface area contributed by atoms with Crippen molar-refractivity contribution in [1.82, 2.24) is 14.6 Å². The number of aromatic nitrogens is 3. The van der Waals surface area contributed by atoms with Crippen LogP contribution >= 0.6 is 11.3 Å². The molecule has 0 bridgehead atoms. The van der Waals surface area contributed by atoms with Gasteiger partial charge in [-0.3, -0.25) is 0 Å². The van der Waals surface area contributed by atoms with E-state index in [0.717, 1.165) is 15.5 Å². The van der Waals surface area contributed by atoms with Gasteiger partial charge >= 0.3 is 0 Å². The Kier molecular flexibility index (Phi) is 2.80. The highest BCUT2D eigenvalue weighted by Crippen LogP contribution is 2.28. The van der Waals surface area contributed by atoms with E-state index in [1.165, 1.54) is 0 Å². The van der Waals surface area contributed by atoms with E-state index < -0.39 is 0 Å². The second kappa shape index (κ2) is 4.48. The van der Waals surface area contributed by atoms with Crippen LogP contribution in [0.25, 0.3) is 16.2 Å². The highest BCUT2D eigenvalue weighted by Gasteiger charge is 2.18. The molecule has 4 nitrogen and oxygen atoms in total. The van der Waals surface area contributed by atoms with E-state index >= 15 is 0 Å². The number of benzene rings is 1. The molecule has 3 aromatic rings. The molecule has 0 aliphatic carbocycles. The van der Waals surface area contributed by atoms with Crippen LogP contribution in [-0.4, -0.2) is 14.6 Å². The Morgan fingerprint density at radius 2 is 2.00 bits per heavy atom. The van der Waals surface area contributed by atoms with E-state index in [-0.39, 0.29) is 0 Å². The van der Waals surface area contributed by atoms with Crippen molar-refractivity contribution < 1.29 is 0 Å². The molecule has 0 unspecified atom stereocenters. The molecule has 0 radical (unpaired) electrons. The van der Waals surface area contributed by atoms with Crippen molar-refractivity contribution in [1.29, 1.82) is 5.26 Å². The average Bonchev–Trinajstić information content (AvgIpc) is 2.96. The minimum Gasteiger partial charge on any atom is -0.216 e. The quantitative estimate of drug-likeness (QED) is 0.715. The lowest BCUT2D eigenvalue weighted by atomic mass is 10.1. The Bertz CT molecular complexity index is 762. The molecule has 0 amide bonds. The van der Waals surface area contributed by atoms with Crippen molar-refractivity contribution in [3.8, 4) is 17.3 Å². The van der Waals surface area contributed by atoms with Gasteiger partial charge in [0.15, 0.2) is 5.69 Å². The second-order valence-electron chi connectivity index (χ2n) is 4.58. The van der Waals surface area contributed by atoms with Gasteiger partial charge in [-0.2, -0.15) is 14.9 Å². The number of imidazole rings is 1. The van der Waals surface area contributed by atoms with Gasteiger partial charge in [-0.25, -0.2) is 4.98 Å². The first-order chi connectivity index (χ1) is 9.20. The summed E-state index contributed by atoms with van der Waals surface area (Å²) in [6, 6.07) is 12.0. The predicted molar refractivity (Wildman–Crippen MR) is 75.1 cm³/mol. The smallest absolute Gasteiger partial charge is 0.214 e. The molecule has 2 aromatic heterocycles. The van der Waals surface area contributed by atoms with Gasteiger partial charge in [0.05, 0.1) is 0 Å². The maximum atomic E-state index is 9.37. The van der Waals surface area contributed by atoms with Crippen molar-refractivity contribution >= 4 is 16.3 Å². The largest absolute Gasteiger partial charge is 0.216 e. The standard InChI is InChI=1S/C14H12N4S/c1-9(2)13-17-18-11(8-15)12(16-14(18)19-13)10-6-4-3-5-7-10/h3-7,9H,1-2H3. The third kappa shape index (κ3) is 1.90. The van der Waals surface area contributed by atoms with Gasteiger partial charge in [-0.15, -0.1) is 0 Å². The number of nitrogens with zero attached hydrogens (tertiary/aromatic N) is 4. The van der Waals surface area contributed by atoms with Gasteiger partial charge in [-0.1, -0.05) is 55.5 Å². The summed E-state index contributed by atoms with van der Waals surface area (Å²) in [6.07, 6.45) is 0. The summed E-state index contributed by atoms with van der Waals surface area (Å²) in [6.45, 7) is 4.17. The first-order valence-corrected chi connectivity index (χ1v) is 6.87. The van der Waals surface area contributed by atoms with Gasteiger partial charge in [0.2, 0.25) is 4.96 Å². The van der Waals surface area contributed by atoms with Crippen molar-refractivity contribution in [2.75, 3.05) is 0 Å². The summed E-state index contributed by atoms with van der Waals surface area (Å²) in [5, 5.41) is 14.8. The molecule has 0 saturated heterocycles. The zero-order valence-corrected chi connectivity index (χ0v) is 11.5. The van der Waals surface area contributed by atoms with Crippen LogP contribution in [0.3, 0.4) is 0 Å². The zero-order valence-electron chi connectivity index (χ0n) is 10.7. The maximum Gasteiger partial charge on any atom is 0.214 e. The SMILES string of the molecule is CC(C)c1nn2c(C#N)c(-c3ccccc3)nc2s1. The van der Waals surface area contributed by atoms with E-state index in [2.05, 4.69) is 30.0 Å². The first-order valence-electron chi connectivity index (χ1n) is 6.05. The zero-order chi connectivity index (χ0) is 13.4. The summed E-state index contributed by atoms with van der Waals surface area (Å²) in [5.41, 5.74) is 2.16. The fourth-order valence-electron chi connectivity index (χ4n) is 1.89. The van der Waals surface area contributed by atoms with Crippen LogP contribution in [0.5, 0.6) is 0 Å². The number of hydrogen-bond acceptors (Lipinski definition) is 4. The van der Waals surface area contributed by atoms with Gasteiger partial charge in [-0.05, 0) is 0 Å². The number of nitriles is 1. The molecule has 2 heterocycles. The molecule has 1 aromatic carbocycles. The average molecular weight is 268 g/mol. The Morgan fingerprint density at radius 3 is 2.63 bits per heavy atom. The van der Waals surface area contributed by atoms with Gasteiger partial charge in [0, 0.05) is 11.5 Å². The third-order valence-electron chi connectivity index (χ3n) is 2.87. The number of fused-ring (bicyclic) bond motifs is 1. The molecule has 0 fully saturated rings. The lowest BCUT2D eigenvalue weighted by Gasteiger charge is -1.97. The summed E-state index contributed by atoms with van der Waals surface area (Å²) in [5.74, 6) is 0.346. The molecule has 5 heteroatoms. The fourth-order valence-corrected chi connectivity index (χ4v) is 2.79. The lowest BCUT2D eigenvalue weighted by molar-refractivity contribution is 0.798. The van der Waals surface area contributed by atoms with Crippen LogP contribution < -0.4 is 0 Å². The fraction of sp³-hybridized carbons (Fsp3) is 0.214. The van der Waals surface area contributed by atoms with E-state index in [1.807, 2.05) is 30.3 Å². The predicted octanol–water partition coefficient (Wildman–Crippen LogP) is 3.45. The Balaban J connectivity index is 2.23. The molecule has 0 aliphatic heterocycles. The van der Waals surface area contributed by atoms with E-state index in [4.69, 9.17) is 0 Å². The van der Waals surface area contributed by atoms with Crippen LogP contribution in [0.4, 0.5) is 0 Å². The summed E-state index contributed by atoms with van der Waals surface area (Å²) in [7, 11) is 0. The van der Waals surface area contributed by atoms with Crippen molar-refractivity contribution in [2.24, 2.45) is 0 Å². The Labute approximate surface area is 115 Å². The summed E-state index contributed by atoms with van der Waals surface area (Å²) < 4.78 is 1.66. The molecule has 0 N–H and O–H groups in total. The molecule has 0 saturated carbocycles. The molecular formula is C14H12N4S. The lowest BCUT2D eigenvalue weighted by Crippen LogP contribution is -1.93. The van der Waals surface area contributed by atoms with Crippen molar-refractivity contribution in [3.63, 3.8) is 0 Å². The third-order valence-corrected chi connectivity index (χ3v) is 4.08. The van der Waals surface area contributed by atoms with Crippen LogP contribution in [-0.2, 0) is 0 Å². The van der Waals surface area contributed by atoms with E-state index in [0.29, 0.717) is 17.3 Å². The Morgan fingerprint density at radius 1 is 1.26 bits per heavy atom. The molecule has 0 aliphatic rings. The highest BCUT2D eigenvalue weighted by atomic mass is 32.1. The molecule has 94 valence electrons. The second-order valence-corrected chi connectivity index (χ2v) is 5.56. The molecule has 0 spiro atoms. The van der Waals surface area contributed by atoms with Crippen LogP contribution in [0.15, 0.2) is 30.3 Å². The van der Waals surface area contributed by atoms with Crippen LogP contribution in [0.2, 0.25) is 0 Å². The number of rotatable bonds is 2. The molecular weight excluding hydrogens is 256 g/mol. The maximum absolute atomic E-state index is 9.37. The minimum atomic E-state index is 0.346. The topological polar surface area (TPSA) is 54.0 Å².